The van der Waals surface area contributed by atoms with E-state index in [0.29, 0.717) is 0 Å². The van der Waals surface area contributed by atoms with Crippen LogP contribution in [0.2, 0.25) is 0 Å². The van der Waals surface area contributed by atoms with Gasteiger partial charge in [-0.2, -0.15) is 20.5 Å². The van der Waals surface area contributed by atoms with Crippen LogP contribution in [0.1, 0.15) is 30.5 Å². The highest BCUT2D eigenvalue weighted by Gasteiger charge is 2.26. The van der Waals surface area contributed by atoms with Gasteiger partial charge in [0.15, 0.2) is 5.82 Å². The van der Waals surface area contributed by atoms with Crippen LogP contribution in [0.4, 0.5) is 11.5 Å². The molecule has 1 aliphatic carbocycles. The summed E-state index contributed by atoms with van der Waals surface area (Å²) in [5.74, 6) is 1.03. The van der Waals surface area contributed by atoms with Crippen LogP contribution < -0.4 is 10.2 Å². The third kappa shape index (κ3) is 3.11. The number of carbonyl (C=O) groups is 1. The van der Waals surface area contributed by atoms with Crippen molar-refractivity contribution in [3.8, 4) is 0 Å². The van der Waals surface area contributed by atoms with Crippen molar-refractivity contribution in [2.24, 2.45) is 5.92 Å². The summed E-state index contributed by atoms with van der Waals surface area (Å²) in [4.78, 5) is 14.9. The number of fused-ring (bicyclic) bond motifs is 2. The lowest BCUT2D eigenvalue weighted by Crippen LogP contribution is -2.38. The van der Waals surface area contributed by atoms with Crippen molar-refractivity contribution in [1.29, 1.82) is 0 Å². The molecule has 0 bridgehead atoms. The zero-order valence-electron chi connectivity index (χ0n) is 15.0. The summed E-state index contributed by atoms with van der Waals surface area (Å²) >= 11 is 0. The van der Waals surface area contributed by atoms with Gasteiger partial charge in [0.2, 0.25) is 5.91 Å². The third-order valence-electron chi connectivity index (χ3n) is 5.58. The third-order valence-corrected chi connectivity index (χ3v) is 5.58. The fourth-order valence-corrected chi connectivity index (χ4v) is 4.00. The molecular weight excluding hydrogens is 342 g/mol. The molecule has 1 fully saturated rings. The van der Waals surface area contributed by atoms with E-state index < -0.39 is 0 Å². The van der Waals surface area contributed by atoms with Crippen molar-refractivity contribution in [2.75, 3.05) is 23.3 Å². The average Bonchev–Trinajstić information content (AvgIpc) is 3.36. The predicted octanol–water partition coefficient (Wildman–Crippen LogP) is 2.09. The van der Waals surface area contributed by atoms with Crippen molar-refractivity contribution >= 4 is 28.4 Å². The first-order valence-electron chi connectivity index (χ1n) is 9.48. The van der Waals surface area contributed by atoms with Gasteiger partial charge in [0.25, 0.3) is 0 Å². The summed E-state index contributed by atoms with van der Waals surface area (Å²) in [5, 5.41) is 22.5. The van der Waals surface area contributed by atoms with E-state index in [1.807, 2.05) is 18.2 Å². The Balaban J connectivity index is 1.21. The van der Waals surface area contributed by atoms with Crippen molar-refractivity contribution in [3.05, 3.63) is 35.5 Å². The molecule has 8 nitrogen and oxygen atoms in total. The van der Waals surface area contributed by atoms with E-state index in [0.717, 1.165) is 67.0 Å². The van der Waals surface area contributed by atoms with Crippen LogP contribution >= 0.6 is 0 Å². The van der Waals surface area contributed by atoms with Crippen molar-refractivity contribution in [2.45, 2.75) is 32.1 Å². The summed E-state index contributed by atoms with van der Waals surface area (Å²) in [6.45, 7) is 1.65. The van der Waals surface area contributed by atoms with Crippen LogP contribution in [0, 0.1) is 5.92 Å². The van der Waals surface area contributed by atoms with Crippen LogP contribution in [0.3, 0.4) is 0 Å². The molecule has 0 radical (unpaired) electrons. The van der Waals surface area contributed by atoms with Gasteiger partial charge in [-0.1, -0.05) is 0 Å². The number of rotatable bonds is 3. The fraction of sp³-hybridized carbons (Fsp3) is 0.421. The summed E-state index contributed by atoms with van der Waals surface area (Å²) in [6.07, 6.45) is 4.96. The van der Waals surface area contributed by atoms with Gasteiger partial charge in [-0.3, -0.25) is 4.79 Å². The largest absolute Gasteiger partial charge is 0.355 e. The number of nitrogens with zero attached hydrogens (tertiary/aromatic N) is 5. The van der Waals surface area contributed by atoms with Gasteiger partial charge >= 0.3 is 0 Å². The molecule has 27 heavy (non-hydrogen) atoms. The number of hydrogen-bond donors (Lipinski definition) is 2. The number of aromatic amines is 1. The minimum atomic E-state index is 0.0108. The molecule has 2 aromatic heterocycles. The van der Waals surface area contributed by atoms with E-state index in [1.54, 1.807) is 0 Å². The lowest BCUT2D eigenvalue weighted by atomic mass is 9.95. The van der Waals surface area contributed by atoms with E-state index >= 15 is 0 Å². The second-order valence-corrected chi connectivity index (χ2v) is 7.31. The fourth-order valence-electron chi connectivity index (χ4n) is 4.00. The van der Waals surface area contributed by atoms with Gasteiger partial charge in [-0.15, -0.1) is 5.10 Å². The van der Waals surface area contributed by atoms with Gasteiger partial charge in [0.1, 0.15) is 11.0 Å². The summed E-state index contributed by atoms with van der Waals surface area (Å²) in [7, 11) is 0. The van der Waals surface area contributed by atoms with Crippen LogP contribution in [-0.2, 0) is 17.6 Å². The molecule has 1 amide bonds. The molecular formula is C19H21N7O. The molecule has 1 aliphatic heterocycles. The average molecular weight is 363 g/mol. The number of anilines is 2. The van der Waals surface area contributed by atoms with E-state index in [9.17, 15) is 4.79 Å². The Hall–Kier alpha value is -3.03. The molecule has 8 heteroatoms. The Morgan fingerprint density at radius 2 is 1.93 bits per heavy atom. The summed E-state index contributed by atoms with van der Waals surface area (Å²) < 4.78 is 0. The van der Waals surface area contributed by atoms with E-state index in [2.05, 4.69) is 41.9 Å². The number of aromatic nitrogens is 5. The topological polar surface area (TPSA) is 99.7 Å². The maximum Gasteiger partial charge on any atom is 0.227 e. The second kappa shape index (κ2) is 6.61. The van der Waals surface area contributed by atoms with Crippen LogP contribution in [0.15, 0.2) is 24.3 Å². The maximum absolute atomic E-state index is 12.6. The Morgan fingerprint density at radius 1 is 1.07 bits per heavy atom. The number of benzene rings is 1. The van der Waals surface area contributed by atoms with Crippen LogP contribution in [-0.4, -0.2) is 44.6 Å². The van der Waals surface area contributed by atoms with E-state index in [1.165, 1.54) is 12.0 Å². The lowest BCUT2D eigenvalue weighted by molar-refractivity contribution is -0.120. The first-order valence-corrected chi connectivity index (χ1v) is 9.48. The first kappa shape index (κ1) is 16.2. The highest BCUT2D eigenvalue weighted by atomic mass is 16.1. The van der Waals surface area contributed by atoms with Crippen molar-refractivity contribution < 1.29 is 4.79 Å². The molecule has 138 valence electrons. The Labute approximate surface area is 156 Å². The van der Waals surface area contributed by atoms with Crippen molar-refractivity contribution in [3.63, 3.8) is 0 Å². The SMILES string of the molecule is O=C(Nc1ccc2n[nH]nc2c1)C1CCN(c2cc3c(nn2)CCC3)CC1. The normalized spacial score (nSPS) is 17.3. The second-order valence-electron chi connectivity index (χ2n) is 7.31. The zero-order valence-corrected chi connectivity index (χ0v) is 15.0. The molecule has 0 saturated carbocycles. The van der Waals surface area contributed by atoms with Crippen LogP contribution in [0.25, 0.3) is 11.0 Å². The molecule has 3 aromatic rings. The predicted molar refractivity (Wildman–Crippen MR) is 102 cm³/mol. The van der Waals surface area contributed by atoms with Gasteiger partial charge in [0, 0.05) is 24.7 Å². The molecule has 0 spiro atoms. The summed E-state index contributed by atoms with van der Waals surface area (Å²) in [5.41, 5.74) is 4.78. The zero-order chi connectivity index (χ0) is 18.2. The van der Waals surface area contributed by atoms with Gasteiger partial charge in [0.05, 0.1) is 5.69 Å². The van der Waals surface area contributed by atoms with E-state index in [-0.39, 0.29) is 11.8 Å². The number of H-pyrrole nitrogens is 1. The number of carbonyl (C=O) groups excluding carboxylic acids is 1. The smallest absolute Gasteiger partial charge is 0.227 e. The minimum Gasteiger partial charge on any atom is -0.355 e. The van der Waals surface area contributed by atoms with E-state index in [4.69, 9.17) is 0 Å². The van der Waals surface area contributed by atoms with Gasteiger partial charge in [-0.05, 0) is 61.9 Å². The monoisotopic (exact) mass is 363 g/mol. The quantitative estimate of drug-likeness (QED) is 0.739. The first-order chi connectivity index (χ1) is 13.3. The number of aryl methyl sites for hydroxylation is 2. The molecule has 5 rings (SSSR count). The number of piperidine rings is 1. The van der Waals surface area contributed by atoms with Gasteiger partial charge < -0.3 is 10.2 Å². The minimum absolute atomic E-state index is 0.0108. The molecule has 1 aromatic carbocycles. The molecule has 1 saturated heterocycles. The highest BCUT2D eigenvalue weighted by molar-refractivity contribution is 5.94. The Kier molecular flexibility index (Phi) is 3.95. The molecule has 2 N–H and O–H groups in total. The maximum atomic E-state index is 12.6. The Morgan fingerprint density at radius 3 is 2.81 bits per heavy atom. The number of hydrogen-bond acceptors (Lipinski definition) is 6. The van der Waals surface area contributed by atoms with Gasteiger partial charge in [-0.25, -0.2) is 0 Å². The molecule has 3 heterocycles. The summed E-state index contributed by atoms with van der Waals surface area (Å²) in [6, 6.07) is 7.73. The number of amides is 1. The Bertz CT molecular complexity index is 991. The lowest BCUT2D eigenvalue weighted by Gasteiger charge is -2.32. The number of nitrogens with one attached hydrogen (secondary N) is 2. The molecule has 0 unspecified atom stereocenters. The standard InChI is InChI=1S/C19H21N7O/c27-19(20-14-4-5-16-17(11-14)23-25-22-16)12-6-8-26(9-7-12)18-10-13-2-1-3-15(13)21-24-18/h4-5,10-12H,1-3,6-9H2,(H,20,27)(H,22,23,25). The molecule has 0 atom stereocenters. The molecule has 2 aliphatic rings. The van der Waals surface area contributed by atoms with Crippen molar-refractivity contribution in [1.82, 2.24) is 25.6 Å². The highest BCUT2D eigenvalue weighted by Crippen LogP contribution is 2.27. The van der Waals surface area contributed by atoms with Crippen LogP contribution in [0.5, 0.6) is 0 Å².